The Morgan fingerprint density at radius 2 is 2.27 bits per heavy atom. The Kier molecular flexibility index (Phi) is 2.55. The lowest BCUT2D eigenvalue weighted by atomic mass is 10.0. The quantitative estimate of drug-likeness (QED) is 0.794. The monoisotopic (exact) mass is 205 g/mol. The zero-order chi connectivity index (χ0) is 10.9. The first-order valence-electron chi connectivity index (χ1n) is 5.62. The van der Waals surface area contributed by atoms with Crippen LogP contribution in [-0.4, -0.2) is 11.5 Å². The second-order valence-corrected chi connectivity index (χ2v) is 4.60. The Labute approximate surface area is 91.1 Å². The maximum Gasteiger partial charge on any atom is 0.149 e. The number of pyridine rings is 1. The van der Waals surface area contributed by atoms with E-state index in [1.165, 1.54) is 19.3 Å². The molecule has 0 radical (unpaired) electrons. The second kappa shape index (κ2) is 3.72. The molecule has 0 amide bonds. The molecule has 1 aromatic rings. The molecule has 1 aliphatic carbocycles. The van der Waals surface area contributed by atoms with Gasteiger partial charge in [0.2, 0.25) is 0 Å². The van der Waals surface area contributed by atoms with Crippen molar-refractivity contribution in [1.82, 2.24) is 4.98 Å². The van der Waals surface area contributed by atoms with E-state index in [1.807, 2.05) is 13.0 Å². The number of hydrogen-bond donors (Lipinski definition) is 2. The molecule has 3 N–H and O–H groups in total. The van der Waals surface area contributed by atoms with Gasteiger partial charge >= 0.3 is 0 Å². The van der Waals surface area contributed by atoms with Crippen molar-refractivity contribution in [1.29, 1.82) is 0 Å². The molecule has 2 rings (SSSR count). The molecule has 0 unspecified atom stereocenters. The smallest absolute Gasteiger partial charge is 0.149 e. The summed E-state index contributed by atoms with van der Waals surface area (Å²) in [6.45, 7) is 5.26. The number of hydrogen-bond acceptors (Lipinski definition) is 3. The molecule has 1 fully saturated rings. The number of anilines is 2. The molecule has 1 saturated carbocycles. The summed E-state index contributed by atoms with van der Waals surface area (Å²) in [5.41, 5.74) is 8.35. The first-order chi connectivity index (χ1) is 7.17. The summed E-state index contributed by atoms with van der Waals surface area (Å²) in [5, 5.41) is 3.37. The van der Waals surface area contributed by atoms with Gasteiger partial charge in [0.05, 0.1) is 5.69 Å². The minimum absolute atomic E-state index is 0.526. The molecule has 1 heterocycles. The van der Waals surface area contributed by atoms with Gasteiger partial charge in [0, 0.05) is 12.7 Å². The first-order valence-corrected chi connectivity index (χ1v) is 5.62. The highest BCUT2D eigenvalue weighted by molar-refractivity contribution is 5.64. The number of nitrogens with zero attached hydrogens (tertiary/aromatic N) is 1. The van der Waals surface area contributed by atoms with Crippen LogP contribution in [0.3, 0.4) is 0 Å². The maximum absolute atomic E-state index is 5.95. The maximum atomic E-state index is 5.95. The van der Waals surface area contributed by atoms with Crippen molar-refractivity contribution >= 4 is 11.5 Å². The minimum Gasteiger partial charge on any atom is -0.396 e. The van der Waals surface area contributed by atoms with E-state index in [0.29, 0.717) is 5.41 Å². The van der Waals surface area contributed by atoms with Crippen LogP contribution in [0, 0.1) is 12.3 Å². The normalized spacial score (nSPS) is 17.5. The van der Waals surface area contributed by atoms with Gasteiger partial charge in [-0.05, 0) is 43.2 Å². The van der Waals surface area contributed by atoms with E-state index < -0.39 is 0 Å². The predicted octanol–water partition coefficient (Wildman–Crippen LogP) is 2.57. The lowest BCUT2D eigenvalue weighted by Gasteiger charge is -2.15. The zero-order valence-corrected chi connectivity index (χ0v) is 9.51. The molecule has 1 aliphatic rings. The number of nitrogen functional groups attached to an aromatic ring is 1. The summed E-state index contributed by atoms with van der Waals surface area (Å²) >= 11 is 0. The van der Waals surface area contributed by atoms with Gasteiger partial charge in [-0.25, -0.2) is 4.98 Å². The summed E-state index contributed by atoms with van der Waals surface area (Å²) in [6.07, 6.45) is 5.72. The minimum atomic E-state index is 0.526. The molecular weight excluding hydrogens is 186 g/mol. The van der Waals surface area contributed by atoms with Crippen molar-refractivity contribution in [3.8, 4) is 0 Å². The lowest BCUT2D eigenvalue weighted by molar-refractivity contribution is 0.521. The molecular formula is C12H19N3. The van der Waals surface area contributed by atoms with Gasteiger partial charge in [-0.1, -0.05) is 6.92 Å². The van der Waals surface area contributed by atoms with Crippen molar-refractivity contribution in [2.24, 2.45) is 5.41 Å². The molecule has 0 saturated heterocycles. The highest BCUT2D eigenvalue weighted by Gasteiger charge is 2.40. The number of nitrogens with two attached hydrogens (primary N) is 1. The standard InChI is InChI=1S/C12H19N3/c1-3-12(5-6-12)8-15-11-10(13)9(2)4-7-14-11/h4,7H,3,5-6,8,13H2,1-2H3,(H,14,15). The Morgan fingerprint density at radius 3 is 2.87 bits per heavy atom. The Hall–Kier alpha value is -1.25. The van der Waals surface area contributed by atoms with Crippen LogP contribution in [0.5, 0.6) is 0 Å². The Morgan fingerprint density at radius 1 is 1.53 bits per heavy atom. The molecule has 3 heteroatoms. The third-order valence-electron chi connectivity index (χ3n) is 3.55. The first kappa shape index (κ1) is 10.3. The fourth-order valence-corrected chi connectivity index (χ4v) is 1.81. The van der Waals surface area contributed by atoms with Crippen LogP contribution in [0.1, 0.15) is 31.7 Å². The fraction of sp³-hybridized carbons (Fsp3) is 0.583. The van der Waals surface area contributed by atoms with E-state index in [1.54, 1.807) is 6.20 Å². The van der Waals surface area contributed by atoms with Crippen LogP contribution in [0.25, 0.3) is 0 Å². The van der Waals surface area contributed by atoms with Crippen LogP contribution < -0.4 is 11.1 Å². The highest BCUT2D eigenvalue weighted by Crippen LogP contribution is 2.48. The number of nitrogens with one attached hydrogen (secondary N) is 1. The molecule has 0 atom stereocenters. The van der Waals surface area contributed by atoms with E-state index in [0.717, 1.165) is 23.6 Å². The predicted molar refractivity (Wildman–Crippen MR) is 63.8 cm³/mol. The van der Waals surface area contributed by atoms with Gasteiger partial charge in [-0.2, -0.15) is 0 Å². The van der Waals surface area contributed by atoms with Crippen molar-refractivity contribution < 1.29 is 0 Å². The average molecular weight is 205 g/mol. The van der Waals surface area contributed by atoms with Crippen molar-refractivity contribution in [3.63, 3.8) is 0 Å². The topological polar surface area (TPSA) is 50.9 Å². The molecule has 15 heavy (non-hydrogen) atoms. The SMILES string of the molecule is CCC1(CNc2nccc(C)c2N)CC1. The molecule has 0 aliphatic heterocycles. The molecule has 0 aromatic carbocycles. The van der Waals surface area contributed by atoms with Crippen LogP contribution in [0.15, 0.2) is 12.3 Å². The van der Waals surface area contributed by atoms with Crippen LogP contribution in [-0.2, 0) is 0 Å². The van der Waals surface area contributed by atoms with Crippen molar-refractivity contribution in [2.45, 2.75) is 33.1 Å². The molecule has 0 bridgehead atoms. The molecule has 3 nitrogen and oxygen atoms in total. The Balaban J connectivity index is 2.02. The highest BCUT2D eigenvalue weighted by atomic mass is 15.0. The van der Waals surface area contributed by atoms with Gasteiger partial charge < -0.3 is 11.1 Å². The van der Waals surface area contributed by atoms with Gasteiger partial charge in [0.1, 0.15) is 5.82 Å². The van der Waals surface area contributed by atoms with E-state index in [-0.39, 0.29) is 0 Å². The fourth-order valence-electron chi connectivity index (χ4n) is 1.81. The molecule has 82 valence electrons. The van der Waals surface area contributed by atoms with E-state index in [2.05, 4.69) is 17.2 Å². The summed E-state index contributed by atoms with van der Waals surface area (Å²) in [5.74, 6) is 0.842. The van der Waals surface area contributed by atoms with E-state index >= 15 is 0 Å². The van der Waals surface area contributed by atoms with Gasteiger partial charge in [-0.3, -0.25) is 0 Å². The van der Waals surface area contributed by atoms with Crippen LogP contribution >= 0.6 is 0 Å². The zero-order valence-electron chi connectivity index (χ0n) is 9.51. The van der Waals surface area contributed by atoms with E-state index in [4.69, 9.17) is 5.73 Å². The summed E-state index contributed by atoms with van der Waals surface area (Å²) in [4.78, 5) is 4.27. The van der Waals surface area contributed by atoms with Gasteiger partial charge in [-0.15, -0.1) is 0 Å². The lowest BCUT2D eigenvalue weighted by Crippen LogP contribution is -2.16. The molecule has 0 spiro atoms. The number of rotatable bonds is 4. The van der Waals surface area contributed by atoms with Crippen LogP contribution in [0.2, 0.25) is 0 Å². The summed E-state index contributed by atoms with van der Waals surface area (Å²) < 4.78 is 0. The van der Waals surface area contributed by atoms with Crippen molar-refractivity contribution in [2.75, 3.05) is 17.6 Å². The van der Waals surface area contributed by atoms with E-state index in [9.17, 15) is 0 Å². The number of aryl methyl sites for hydroxylation is 1. The molecule has 1 aromatic heterocycles. The number of aromatic nitrogens is 1. The second-order valence-electron chi connectivity index (χ2n) is 4.60. The summed E-state index contributed by atoms with van der Waals surface area (Å²) in [7, 11) is 0. The van der Waals surface area contributed by atoms with Gasteiger partial charge in [0.25, 0.3) is 0 Å². The third-order valence-corrected chi connectivity index (χ3v) is 3.55. The average Bonchev–Trinajstić information content (AvgIpc) is 3.01. The summed E-state index contributed by atoms with van der Waals surface area (Å²) in [6, 6.07) is 1.94. The van der Waals surface area contributed by atoms with Crippen molar-refractivity contribution in [3.05, 3.63) is 17.8 Å². The largest absolute Gasteiger partial charge is 0.396 e. The van der Waals surface area contributed by atoms with Crippen LogP contribution in [0.4, 0.5) is 11.5 Å². The van der Waals surface area contributed by atoms with Gasteiger partial charge in [0.15, 0.2) is 0 Å². The Bertz CT molecular complexity index is 356. The third kappa shape index (κ3) is 2.06.